The molecule has 0 radical (unpaired) electrons. The van der Waals surface area contributed by atoms with Crippen molar-refractivity contribution in [3.63, 3.8) is 0 Å². The molecule has 0 bridgehead atoms. The van der Waals surface area contributed by atoms with Gasteiger partial charge in [0.25, 0.3) is 5.91 Å². The Morgan fingerprint density at radius 3 is 2.62 bits per heavy atom. The third kappa shape index (κ3) is 3.95. The highest BCUT2D eigenvalue weighted by molar-refractivity contribution is 8.00. The van der Waals surface area contributed by atoms with Gasteiger partial charge in [-0.3, -0.25) is 14.5 Å². The number of nitrogens with one attached hydrogen (secondary N) is 1. The van der Waals surface area contributed by atoms with Crippen LogP contribution in [0.2, 0.25) is 0 Å². The Hall–Kier alpha value is -3.63. The fraction of sp³-hybridized carbons (Fsp3) is 0.167. The molecule has 10 heteroatoms. The largest absolute Gasteiger partial charge is 0.477 e. The summed E-state index contributed by atoms with van der Waals surface area (Å²) in [5, 5.41) is 13.0. The fourth-order valence-electron chi connectivity index (χ4n) is 4.03. The second-order valence-corrected chi connectivity index (χ2v) is 9.99. The molecule has 2 aliphatic rings. The van der Waals surface area contributed by atoms with Crippen LogP contribution in [0.25, 0.3) is 16.1 Å². The molecule has 2 aromatic carbocycles. The van der Waals surface area contributed by atoms with Gasteiger partial charge in [0, 0.05) is 28.8 Å². The van der Waals surface area contributed by atoms with E-state index in [0.29, 0.717) is 27.5 Å². The van der Waals surface area contributed by atoms with Crippen LogP contribution in [-0.4, -0.2) is 49.9 Å². The van der Waals surface area contributed by atoms with Crippen molar-refractivity contribution < 1.29 is 19.5 Å². The van der Waals surface area contributed by atoms with Crippen molar-refractivity contribution in [3.8, 4) is 10.6 Å². The molecule has 1 fully saturated rings. The molecule has 1 aromatic heterocycles. The number of anilines is 1. The molecule has 5 rings (SSSR count). The van der Waals surface area contributed by atoms with Crippen LogP contribution in [0.15, 0.2) is 66.5 Å². The molecule has 2 atom stereocenters. The number of rotatable bonds is 6. The summed E-state index contributed by atoms with van der Waals surface area (Å²) < 4.78 is 0. The molecule has 0 aliphatic carbocycles. The third-order valence-electron chi connectivity index (χ3n) is 5.72. The number of nitrogens with two attached hydrogens (primary N) is 1. The molecule has 34 heavy (non-hydrogen) atoms. The summed E-state index contributed by atoms with van der Waals surface area (Å²) in [6.45, 7) is 0. The Bertz CT molecular complexity index is 1320. The Labute approximate surface area is 203 Å². The van der Waals surface area contributed by atoms with E-state index in [2.05, 4.69) is 10.3 Å². The molecule has 4 N–H and O–H groups in total. The number of thiazole rings is 1. The van der Waals surface area contributed by atoms with Gasteiger partial charge in [-0.2, -0.15) is 0 Å². The Morgan fingerprint density at radius 1 is 1.15 bits per heavy atom. The Kier molecular flexibility index (Phi) is 5.84. The minimum Gasteiger partial charge on any atom is -0.477 e. The average Bonchev–Trinajstić information content (AvgIpc) is 3.33. The highest BCUT2D eigenvalue weighted by Crippen LogP contribution is 2.44. The van der Waals surface area contributed by atoms with Gasteiger partial charge in [0.15, 0.2) is 0 Å². The van der Waals surface area contributed by atoms with E-state index in [1.54, 1.807) is 30.5 Å². The van der Waals surface area contributed by atoms with Crippen LogP contribution in [0.4, 0.5) is 5.69 Å². The standard InChI is InChI=1S/C24H20N4O4S2/c25-16-9-5-4-8-14(16)10-18(29)27-19-22(30)28-20(24(31)32)15(12-33-23(19)28)17-11-26-21(34-17)13-6-2-1-3-7-13/h1-9,11,19,23H,10,12,25H2,(H,27,29)(H,31,32). The van der Waals surface area contributed by atoms with Gasteiger partial charge in [-0.15, -0.1) is 23.1 Å². The second kappa shape index (κ2) is 8.96. The number of benzene rings is 2. The molecular weight excluding hydrogens is 472 g/mol. The lowest BCUT2D eigenvalue weighted by Crippen LogP contribution is -2.70. The zero-order valence-electron chi connectivity index (χ0n) is 17.8. The predicted molar refractivity (Wildman–Crippen MR) is 132 cm³/mol. The van der Waals surface area contributed by atoms with E-state index in [4.69, 9.17) is 5.73 Å². The van der Waals surface area contributed by atoms with E-state index in [1.165, 1.54) is 28.0 Å². The first kappa shape index (κ1) is 22.2. The summed E-state index contributed by atoms with van der Waals surface area (Å²) >= 11 is 2.82. The molecule has 0 spiro atoms. The molecule has 0 saturated carbocycles. The number of carbonyl (C=O) groups excluding carboxylic acids is 2. The van der Waals surface area contributed by atoms with E-state index in [9.17, 15) is 19.5 Å². The topological polar surface area (TPSA) is 126 Å². The highest BCUT2D eigenvalue weighted by Gasteiger charge is 2.54. The molecule has 2 aliphatic heterocycles. The first-order valence-electron chi connectivity index (χ1n) is 10.5. The number of thioether (sulfide) groups is 1. The molecule has 3 aromatic rings. The van der Waals surface area contributed by atoms with Crippen LogP contribution in [0.1, 0.15) is 10.4 Å². The number of amides is 2. The van der Waals surface area contributed by atoms with E-state index in [1.807, 2.05) is 30.3 Å². The zero-order chi connectivity index (χ0) is 23.8. The number of fused-ring (bicyclic) bond motifs is 1. The first-order valence-corrected chi connectivity index (χ1v) is 12.4. The van der Waals surface area contributed by atoms with Gasteiger partial charge in [0.05, 0.1) is 11.3 Å². The second-order valence-electron chi connectivity index (χ2n) is 7.86. The maximum absolute atomic E-state index is 12.9. The molecule has 1 saturated heterocycles. The number of para-hydroxylation sites is 1. The lowest BCUT2D eigenvalue weighted by atomic mass is 10.0. The van der Waals surface area contributed by atoms with E-state index in [-0.39, 0.29) is 18.0 Å². The predicted octanol–water partition coefficient (Wildman–Crippen LogP) is 2.83. The van der Waals surface area contributed by atoms with Gasteiger partial charge >= 0.3 is 5.97 Å². The maximum Gasteiger partial charge on any atom is 0.353 e. The van der Waals surface area contributed by atoms with Crippen molar-refractivity contribution in [2.45, 2.75) is 17.8 Å². The molecule has 2 amide bonds. The van der Waals surface area contributed by atoms with Crippen LogP contribution in [0, 0.1) is 0 Å². The number of hydrogen-bond acceptors (Lipinski definition) is 7. The number of carbonyl (C=O) groups is 3. The minimum absolute atomic E-state index is 0.0455. The maximum atomic E-state index is 12.9. The average molecular weight is 493 g/mol. The summed E-state index contributed by atoms with van der Waals surface area (Å²) in [5.41, 5.74) is 8.54. The number of hydrogen-bond donors (Lipinski definition) is 3. The van der Waals surface area contributed by atoms with Crippen molar-refractivity contribution in [1.82, 2.24) is 15.2 Å². The number of carboxylic acids is 1. The summed E-state index contributed by atoms with van der Waals surface area (Å²) in [6.07, 6.45) is 1.70. The number of aromatic nitrogens is 1. The zero-order valence-corrected chi connectivity index (χ0v) is 19.4. The minimum atomic E-state index is -1.18. The van der Waals surface area contributed by atoms with Gasteiger partial charge in [-0.05, 0) is 11.6 Å². The van der Waals surface area contributed by atoms with Gasteiger partial charge in [-0.25, -0.2) is 9.78 Å². The smallest absolute Gasteiger partial charge is 0.353 e. The molecule has 2 unspecified atom stereocenters. The lowest BCUT2D eigenvalue weighted by molar-refractivity contribution is -0.150. The van der Waals surface area contributed by atoms with E-state index < -0.39 is 23.3 Å². The molecule has 172 valence electrons. The third-order valence-corrected chi connectivity index (χ3v) is 8.10. The molecule has 8 nitrogen and oxygen atoms in total. The highest BCUT2D eigenvalue weighted by atomic mass is 32.2. The first-order chi connectivity index (χ1) is 16.4. The summed E-state index contributed by atoms with van der Waals surface area (Å²) in [5.74, 6) is -1.55. The van der Waals surface area contributed by atoms with Crippen LogP contribution >= 0.6 is 23.1 Å². The quantitative estimate of drug-likeness (QED) is 0.357. The number of nitrogens with zero attached hydrogens (tertiary/aromatic N) is 2. The SMILES string of the molecule is Nc1ccccc1CC(=O)NC1C(=O)N2C(C(=O)O)=C(c3cnc(-c4ccccc4)s3)CSC12. The van der Waals surface area contributed by atoms with Crippen molar-refractivity contribution in [3.05, 3.63) is 76.9 Å². The van der Waals surface area contributed by atoms with Crippen LogP contribution < -0.4 is 11.1 Å². The molecular formula is C24H20N4O4S2. The van der Waals surface area contributed by atoms with Gasteiger partial charge in [0.1, 0.15) is 22.1 Å². The van der Waals surface area contributed by atoms with E-state index in [0.717, 1.165) is 10.6 Å². The van der Waals surface area contributed by atoms with Crippen LogP contribution in [0.5, 0.6) is 0 Å². The monoisotopic (exact) mass is 492 g/mol. The lowest BCUT2D eigenvalue weighted by Gasteiger charge is -2.49. The van der Waals surface area contributed by atoms with Gasteiger partial charge < -0.3 is 16.2 Å². The Balaban J connectivity index is 1.36. The van der Waals surface area contributed by atoms with Crippen molar-refractivity contribution in [2.24, 2.45) is 0 Å². The number of β-lactam (4-membered cyclic amide) rings is 1. The normalized spacial score (nSPS) is 19.4. The number of carboxylic acid groups (broad SMARTS) is 1. The van der Waals surface area contributed by atoms with Gasteiger partial charge in [0.2, 0.25) is 5.91 Å². The summed E-state index contributed by atoms with van der Waals surface area (Å²) in [4.78, 5) is 44.1. The van der Waals surface area contributed by atoms with Crippen molar-refractivity contribution >= 4 is 52.1 Å². The van der Waals surface area contributed by atoms with E-state index >= 15 is 0 Å². The Morgan fingerprint density at radius 2 is 1.88 bits per heavy atom. The van der Waals surface area contributed by atoms with Crippen molar-refractivity contribution in [2.75, 3.05) is 11.5 Å². The van der Waals surface area contributed by atoms with Crippen LogP contribution in [0.3, 0.4) is 0 Å². The fourth-order valence-corrected chi connectivity index (χ4v) is 6.45. The summed E-state index contributed by atoms with van der Waals surface area (Å²) in [7, 11) is 0. The van der Waals surface area contributed by atoms with Crippen LogP contribution in [-0.2, 0) is 20.8 Å². The summed E-state index contributed by atoms with van der Waals surface area (Å²) in [6, 6.07) is 15.9. The van der Waals surface area contributed by atoms with Crippen molar-refractivity contribution in [1.29, 1.82) is 0 Å². The molecule has 3 heterocycles. The number of aliphatic carboxylic acids is 1. The number of nitrogen functional groups attached to an aromatic ring is 1. The van der Waals surface area contributed by atoms with Gasteiger partial charge in [-0.1, -0.05) is 48.5 Å².